The van der Waals surface area contributed by atoms with Gasteiger partial charge in [0, 0.05) is 29.8 Å². The van der Waals surface area contributed by atoms with Crippen LogP contribution in [0.3, 0.4) is 0 Å². The minimum atomic E-state index is -4.52. The van der Waals surface area contributed by atoms with Crippen molar-refractivity contribution in [1.82, 2.24) is 19.5 Å². The fourth-order valence-electron chi connectivity index (χ4n) is 6.39. The van der Waals surface area contributed by atoms with Crippen LogP contribution in [-0.2, 0) is 25.1 Å². The van der Waals surface area contributed by atoms with Crippen molar-refractivity contribution >= 4 is 39.9 Å². The SMILES string of the molecule is CC(C)(C)OC(=O)N(C(=O)OC(C)(C)C)c1ncnc2c1ccn2[C@@H]1O[C@H](COc2ccc3c(C(F)(F)F)ccnc3c2)[C@H]2CC(C)(C)O[C@H]21. The summed E-state index contributed by atoms with van der Waals surface area (Å²) in [5, 5.41) is 0.344. The highest BCUT2D eigenvalue weighted by molar-refractivity contribution is 6.13. The first-order chi connectivity index (χ1) is 23.2. The quantitative estimate of drug-likeness (QED) is 0.203. The number of fused-ring (bicyclic) bond motifs is 3. The lowest BCUT2D eigenvalue weighted by atomic mass is 9.91. The number of carbonyl (C=O) groups excluding carboxylic acids is 2. The maximum absolute atomic E-state index is 13.5. The predicted molar refractivity (Wildman–Crippen MR) is 176 cm³/mol. The molecular weight excluding hydrogens is 659 g/mol. The van der Waals surface area contributed by atoms with Crippen molar-refractivity contribution in [3.05, 3.63) is 54.6 Å². The number of benzene rings is 1. The molecule has 2 fully saturated rings. The number of hydrogen-bond acceptors (Lipinski definition) is 10. The molecule has 2 aliphatic rings. The van der Waals surface area contributed by atoms with E-state index in [2.05, 4.69) is 15.0 Å². The third-order valence-electron chi connectivity index (χ3n) is 8.24. The highest BCUT2D eigenvalue weighted by atomic mass is 19.4. The van der Waals surface area contributed by atoms with Crippen molar-refractivity contribution in [2.75, 3.05) is 11.5 Å². The monoisotopic (exact) mass is 699 g/mol. The summed E-state index contributed by atoms with van der Waals surface area (Å²) < 4.78 is 72.6. The normalized spacial score (nSPS) is 22.1. The molecule has 0 N–H and O–H groups in total. The third-order valence-corrected chi connectivity index (χ3v) is 8.24. The van der Waals surface area contributed by atoms with Gasteiger partial charge in [-0.05, 0) is 86.1 Å². The van der Waals surface area contributed by atoms with Crippen molar-refractivity contribution in [1.29, 1.82) is 0 Å². The Hall–Kier alpha value is -4.50. The van der Waals surface area contributed by atoms with Gasteiger partial charge in [0.1, 0.15) is 41.6 Å². The molecule has 50 heavy (non-hydrogen) atoms. The van der Waals surface area contributed by atoms with E-state index in [4.69, 9.17) is 23.7 Å². The smallest absolute Gasteiger partial charge is 0.425 e. The number of imide groups is 1. The molecule has 12 nitrogen and oxygen atoms in total. The van der Waals surface area contributed by atoms with E-state index in [9.17, 15) is 22.8 Å². The molecule has 0 spiro atoms. The molecular formula is C35H40F3N5O7. The molecule has 4 aromatic rings. The summed E-state index contributed by atoms with van der Waals surface area (Å²) >= 11 is 0. The number of rotatable bonds is 5. The number of hydrogen-bond donors (Lipinski definition) is 0. The van der Waals surface area contributed by atoms with Crippen LogP contribution in [0.1, 0.15) is 73.6 Å². The standard InChI is InChI=1S/C35H40F3N5O7/c1-32(2,3)49-30(44)43(31(45)50-33(4,5)6)28-21-12-14-42(27(21)40-18-41-28)29-26-22(16-34(7,8)48-26)25(47-29)17-46-19-9-10-20-23(35(36,37)38)11-13-39-24(20)15-19/h9-15,18,22,25-26,29H,16-17H2,1-8H3/t22-,25-,26-,29-/m1/s1. The maximum Gasteiger partial charge on any atom is 0.425 e. The Balaban J connectivity index is 1.30. The van der Waals surface area contributed by atoms with Crippen molar-refractivity contribution in [2.24, 2.45) is 5.92 Å². The minimum Gasteiger partial charge on any atom is -0.491 e. The van der Waals surface area contributed by atoms with E-state index >= 15 is 0 Å². The summed E-state index contributed by atoms with van der Waals surface area (Å²) in [4.78, 5) is 40.5. The highest BCUT2D eigenvalue weighted by Crippen LogP contribution is 2.49. The van der Waals surface area contributed by atoms with Gasteiger partial charge in [-0.3, -0.25) is 4.98 Å². The average molecular weight is 700 g/mol. The lowest BCUT2D eigenvalue weighted by molar-refractivity contribution is -0.136. The van der Waals surface area contributed by atoms with Gasteiger partial charge in [-0.25, -0.2) is 19.6 Å². The van der Waals surface area contributed by atoms with Crippen LogP contribution in [0.25, 0.3) is 21.9 Å². The zero-order valence-electron chi connectivity index (χ0n) is 29.1. The Labute approximate surface area is 286 Å². The number of amides is 2. The van der Waals surface area contributed by atoms with Gasteiger partial charge in [-0.15, -0.1) is 0 Å². The molecule has 0 bridgehead atoms. The summed E-state index contributed by atoms with van der Waals surface area (Å²) in [6, 6.07) is 6.93. The second kappa shape index (κ2) is 12.4. The lowest BCUT2D eigenvalue weighted by Gasteiger charge is -2.28. The number of halogens is 3. The molecule has 15 heteroatoms. The van der Waals surface area contributed by atoms with Crippen molar-refractivity contribution < 1.29 is 46.4 Å². The van der Waals surface area contributed by atoms with Crippen molar-refractivity contribution in [3.63, 3.8) is 0 Å². The van der Waals surface area contributed by atoms with E-state index in [-0.39, 0.29) is 29.2 Å². The Morgan fingerprint density at radius 2 is 1.64 bits per heavy atom. The van der Waals surface area contributed by atoms with Crippen molar-refractivity contribution in [2.45, 2.75) is 103 Å². The fourth-order valence-corrected chi connectivity index (χ4v) is 6.39. The van der Waals surface area contributed by atoms with Crippen LogP contribution in [0.4, 0.5) is 28.6 Å². The van der Waals surface area contributed by atoms with E-state index in [0.29, 0.717) is 23.2 Å². The molecule has 3 aromatic heterocycles. The van der Waals surface area contributed by atoms with Gasteiger partial charge in [-0.1, -0.05) is 0 Å². The summed E-state index contributed by atoms with van der Waals surface area (Å²) in [5.41, 5.74) is -2.55. The summed E-state index contributed by atoms with van der Waals surface area (Å²) in [6.07, 6.45) is -3.28. The Morgan fingerprint density at radius 1 is 0.960 bits per heavy atom. The van der Waals surface area contributed by atoms with Gasteiger partial charge in [-0.2, -0.15) is 18.1 Å². The Morgan fingerprint density at radius 3 is 2.28 bits per heavy atom. The van der Waals surface area contributed by atoms with Crippen molar-refractivity contribution in [3.8, 4) is 5.75 Å². The van der Waals surface area contributed by atoms with Gasteiger partial charge >= 0.3 is 18.4 Å². The van der Waals surface area contributed by atoms with Gasteiger partial charge in [0.25, 0.3) is 0 Å². The number of ether oxygens (including phenoxy) is 5. The topological polar surface area (TPSA) is 127 Å². The van der Waals surface area contributed by atoms with Crippen LogP contribution in [0, 0.1) is 5.92 Å². The van der Waals surface area contributed by atoms with Crippen LogP contribution in [0.15, 0.2) is 49.1 Å². The van der Waals surface area contributed by atoms with Gasteiger partial charge in [0.15, 0.2) is 12.0 Å². The predicted octanol–water partition coefficient (Wildman–Crippen LogP) is 7.84. The van der Waals surface area contributed by atoms with Crippen LogP contribution < -0.4 is 9.64 Å². The number of nitrogens with zero attached hydrogens (tertiary/aromatic N) is 5. The Kier molecular flexibility index (Phi) is 8.74. The van der Waals surface area contributed by atoms with E-state index in [1.54, 1.807) is 58.4 Å². The first-order valence-corrected chi connectivity index (χ1v) is 16.2. The summed E-state index contributed by atoms with van der Waals surface area (Å²) in [6.45, 7) is 14.2. The highest BCUT2D eigenvalue weighted by Gasteiger charge is 2.55. The molecule has 0 radical (unpaired) electrons. The zero-order chi connectivity index (χ0) is 36.4. The number of alkyl halides is 3. The molecule has 5 heterocycles. The molecule has 268 valence electrons. The fraction of sp³-hybridized carbons (Fsp3) is 0.514. The Bertz CT molecular complexity index is 1900. The van der Waals surface area contributed by atoms with Crippen LogP contribution in [0.5, 0.6) is 5.75 Å². The molecule has 0 saturated carbocycles. The van der Waals surface area contributed by atoms with Gasteiger partial charge < -0.3 is 28.3 Å². The zero-order valence-corrected chi connectivity index (χ0v) is 29.1. The van der Waals surface area contributed by atoms with Crippen LogP contribution in [-0.4, -0.2) is 67.3 Å². The molecule has 2 aliphatic heterocycles. The first-order valence-electron chi connectivity index (χ1n) is 16.2. The summed E-state index contributed by atoms with van der Waals surface area (Å²) in [7, 11) is 0. The lowest BCUT2D eigenvalue weighted by Crippen LogP contribution is -2.44. The van der Waals surface area contributed by atoms with E-state index < -0.39 is 59.2 Å². The molecule has 0 aliphatic carbocycles. The number of pyridine rings is 1. The molecule has 2 amide bonds. The average Bonchev–Trinajstić information content (AvgIpc) is 3.64. The molecule has 1 aromatic carbocycles. The third kappa shape index (κ3) is 7.20. The summed E-state index contributed by atoms with van der Waals surface area (Å²) in [5.74, 6) is 0.210. The molecule has 4 atom stereocenters. The van der Waals surface area contributed by atoms with Crippen LogP contribution >= 0.6 is 0 Å². The number of aromatic nitrogens is 4. The number of carbonyl (C=O) groups is 2. The number of anilines is 1. The van der Waals surface area contributed by atoms with Crippen LogP contribution in [0.2, 0.25) is 0 Å². The van der Waals surface area contributed by atoms with E-state index in [1.165, 1.54) is 24.5 Å². The van der Waals surface area contributed by atoms with Gasteiger partial charge in [0.05, 0.1) is 28.2 Å². The van der Waals surface area contributed by atoms with E-state index in [0.717, 1.165) is 17.2 Å². The second-order valence-corrected chi connectivity index (χ2v) is 15.1. The second-order valence-electron chi connectivity index (χ2n) is 15.1. The molecule has 2 saturated heterocycles. The molecule has 0 unspecified atom stereocenters. The first kappa shape index (κ1) is 35.3. The maximum atomic E-state index is 13.5. The molecule has 6 rings (SSSR count). The van der Waals surface area contributed by atoms with Gasteiger partial charge in [0.2, 0.25) is 0 Å². The largest absolute Gasteiger partial charge is 0.491 e. The minimum absolute atomic E-state index is 0.0201. The van der Waals surface area contributed by atoms with E-state index in [1.807, 2.05) is 13.8 Å².